The van der Waals surface area contributed by atoms with Crippen LogP contribution in [0.5, 0.6) is 0 Å². The summed E-state index contributed by atoms with van der Waals surface area (Å²) in [4.78, 5) is 16.1. The van der Waals surface area contributed by atoms with Crippen molar-refractivity contribution < 1.29 is 9.18 Å². The van der Waals surface area contributed by atoms with E-state index in [1.54, 1.807) is 12.4 Å². The van der Waals surface area contributed by atoms with Gasteiger partial charge < -0.3 is 9.88 Å². The molecule has 6 nitrogen and oxygen atoms in total. The minimum atomic E-state index is -0.341. The summed E-state index contributed by atoms with van der Waals surface area (Å²) < 4.78 is 14.8. The average molecular weight is 357 g/mol. The number of rotatable bonds is 6. The molecule has 8 heteroatoms. The molecule has 0 atom stereocenters. The van der Waals surface area contributed by atoms with Crippen LogP contribution in [-0.2, 0) is 11.3 Å². The van der Waals surface area contributed by atoms with Gasteiger partial charge in [-0.05, 0) is 43.3 Å². The molecule has 1 N–H and O–H groups in total. The fraction of sp³-hybridized carbons (Fsp3) is 0.176. The van der Waals surface area contributed by atoms with E-state index in [0.717, 1.165) is 11.4 Å². The fourth-order valence-electron chi connectivity index (χ4n) is 2.26. The zero-order valence-corrected chi connectivity index (χ0v) is 14.3. The molecular weight excluding hydrogens is 341 g/mol. The van der Waals surface area contributed by atoms with E-state index in [0.29, 0.717) is 17.4 Å². The topological polar surface area (TPSA) is 72.7 Å². The minimum Gasteiger partial charge on any atom is -0.325 e. The maximum absolute atomic E-state index is 12.9. The Morgan fingerprint density at radius 1 is 1.16 bits per heavy atom. The zero-order chi connectivity index (χ0) is 17.6. The van der Waals surface area contributed by atoms with E-state index in [9.17, 15) is 9.18 Å². The van der Waals surface area contributed by atoms with Crippen LogP contribution in [0.2, 0.25) is 0 Å². The number of nitrogens with one attached hydrogen (secondary N) is 1. The van der Waals surface area contributed by atoms with E-state index in [1.165, 1.54) is 36.0 Å². The molecule has 25 heavy (non-hydrogen) atoms. The second-order valence-corrected chi connectivity index (χ2v) is 6.07. The Labute approximate surface area is 148 Å². The van der Waals surface area contributed by atoms with Gasteiger partial charge in [0, 0.05) is 30.2 Å². The van der Waals surface area contributed by atoms with E-state index < -0.39 is 0 Å². The molecule has 0 bridgehead atoms. The number of halogens is 1. The van der Waals surface area contributed by atoms with Crippen LogP contribution in [0, 0.1) is 5.82 Å². The van der Waals surface area contributed by atoms with Crippen LogP contribution in [0.3, 0.4) is 0 Å². The molecule has 1 aromatic carbocycles. The Morgan fingerprint density at radius 2 is 1.88 bits per heavy atom. The molecule has 2 heterocycles. The highest BCUT2D eigenvalue weighted by Gasteiger charge is 2.14. The average Bonchev–Trinajstić information content (AvgIpc) is 3.05. The summed E-state index contributed by atoms with van der Waals surface area (Å²) in [7, 11) is 0. The summed E-state index contributed by atoms with van der Waals surface area (Å²) in [5, 5.41) is 11.8. The van der Waals surface area contributed by atoms with Gasteiger partial charge in [0.05, 0.1) is 5.75 Å². The van der Waals surface area contributed by atoms with E-state index in [-0.39, 0.29) is 17.5 Å². The third-order valence-electron chi connectivity index (χ3n) is 3.43. The normalized spacial score (nSPS) is 10.6. The van der Waals surface area contributed by atoms with Gasteiger partial charge >= 0.3 is 0 Å². The first-order valence-corrected chi connectivity index (χ1v) is 8.67. The molecule has 0 saturated heterocycles. The van der Waals surface area contributed by atoms with Crippen molar-refractivity contribution in [3.63, 3.8) is 0 Å². The summed E-state index contributed by atoms with van der Waals surface area (Å²) in [6, 6.07) is 9.38. The number of hydrogen-bond donors (Lipinski definition) is 1. The van der Waals surface area contributed by atoms with E-state index >= 15 is 0 Å². The molecule has 0 saturated carbocycles. The van der Waals surface area contributed by atoms with Crippen molar-refractivity contribution in [1.82, 2.24) is 19.7 Å². The third-order valence-corrected chi connectivity index (χ3v) is 4.40. The second-order valence-electron chi connectivity index (χ2n) is 5.13. The number of benzene rings is 1. The van der Waals surface area contributed by atoms with Crippen LogP contribution in [-0.4, -0.2) is 31.4 Å². The highest BCUT2D eigenvalue weighted by molar-refractivity contribution is 7.99. The summed E-state index contributed by atoms with van der Waals surface area (Å²) in [5.74, 6) is 0.400. The fourth-order valence-corrected chi connectivity index (χ4v) is 3.06. The first-order valence-electron chi connectivity index (χ1n) is 7.69. The summed E-state index contributed by atoms with van der Waals surface area (Å²) in [5.41, 5.74) is 1.48. The number of anilines is 1. The second kappa shape index (κ2) is 7.89. The van der Waals surface area contributed by atoms with Crippen LogP contribution in [0.4, 0.5) is 10.1 Å². The number of nitrogens with zero attached hydrogens (tertiary/aromatic N) is 4. The van der Waals surface area contributed by atoms with E-state index in [4.69, 9.17) is 0 Å². The molecule has 0 aliphatic rings. The van der Waals surface area contributed by atoms with Gasteiger partial charge in [-0.2, -0.15) is 0 Å². The van der Waals surface area contributed by atoms with Crippen molar-refractivity contribution in [2.45, 2.75) is 18.6 Å². The highest BCUT2D eigenvalue weighted by atomic mass is 32.2. The maximum atomic E-state index is 12.9. The van der Waals surface area contributed by atoms with Gasteiger partial charge in [-0.1, -0.05) is 11.8 Å². The Hall–Kier alpha value is -2.74. The molecule has 128 valence electrons. The maximum Gasteiger partial charge on any atom is 0.234 e. The molecule has 0 unspecified atom stereocenters. The first kappa shape index (κ1) is 17.1. The molecule has 3 aromatic rings. The number of amides is 1. The first-order chi connectivity index (χ1) is 12.2. The standard InChI is InChI=1S/C17H16FN5OS/c1-2-23-16(12-7-9-19-10-8-12)21-22-17(23)25-11-15(24)20-14-5-3-13(18)4-6-14/h3-10H,2,11H2,1H3,(H,20,24). The van der Waals surface area contributed by atoms with Gasteiger partial charge in [0.2, 0.25) is 5.91 Å². The molecule has 0 aliphatic heterocycles. The lowest BCUT2D eigenvalue weighted by Gasteiger charge is -2.07. The van der Waals surface area contributed by atoms with Gasteiger partial charge in [0.25, 0.3) is 0 Å². The van der Waals surface area contributed by atoms with E-state index in [1.807, 2.05) is 23.6 Å². The molecule has 0 fully saturated rings. The third kappa shape index (κ3) is 4.21. The summed E-state index contributed by atoms with van der Waals surface area (Å²) in [6.45, 7) is 2.68. The summed E-state index contributed by atoms with van der Waals surface area (Å²) in [6.07, 6.45) is 3.40. The Kier molecular flexibility index (Phi) is 5.39. The van der Waals surface area contributed by atoms with Gasteiger partial charge in [0.1, 0.15) is 5.82 Å². The van der Waals surface area contributed by atoms with Gasteiger partial charge in [0.15, 0.2) is 11.0 Å². The molecule has 3 rings (SSSR count). The molecule has 0 aliphatic carbocycles. The van der Waals surface area contributed by atoms with Gasteiger partial charge in [-0.25, -0.2) is 4.39 Å². The van der Waals surface area contributed by atoms with Gasteiger partial charge in [-0.3, -0.25) is 9.78 Å². The molecular formula is C17H16FN5OS. The lowest BCUT2D eigenvalue weighted by molar-refractivity contribution is -0.113. The summed E-state index contributed by atoms with van der Waals surface area (Å²) >= 11 is 1.31. The SMILES string of the molecule is CCn1c(SCC(=O)Nc2ccc(F)cc2)nnc1-c1ccncc1. The predicted octanol–water partition coefficient (Wildman–Crippen LogP) is 3.23. The van der Waals surface area contributed by atoms with Crippen LogP contribution >= 0.6 is 11.8 Å². The lowest BCUT2D eigenvalue weighted by atomic mass is 10.2. The number of carbonyl (C=O) groups is 1. The largest absolute Gasteiger partial charge is 0.325 e. The highest BCUT2D eigenvalue weighted by Crippen LogP contribution is 2.23. The monoisotopic (exact) mass is 357 g/mol. The van der Waals surface area contributed by atoms with Crippen molar-refractivity contribution in [3.8, 4) is 11.4 Å². The van der Waals surface area contributed by atoms with Crippen molar-refractivity contribution >= 4 is 23.4 Å². The number of hydrogen-bond acceptors (Lipinski definition) is 5. The molecule has 0 radical (unpaired) electrons. The smallest absolute Gasteiger partial charge is 0.234 e. The van der Waals surface area contributed by atoms with E-state index in [2.05, 4.69) is 20.5 Å². The van der Waals surface area contributed by atoms with Crippen LogP contribution in [0.15, 0.2) is 53.9 Å². The van der Waals surface area contributed by atoms with Crippen molar-refractivity contribution in [2.75, 3.05) is 11.1 Å². The molecule has 1 amide bonds. The number of aromatic nitrogens is 4. The van der Waals surface area contributed by atoms with Crippen molar-refractivity contribution in [3.05, 3.63) is 54.6 Å². The number of thioether (sulfide) groups is 1. The Balaban J connectivity index is 1.66. The Morgan fingerprint density at radius 3 is 2.56 bits per heavy atom. The minimum absolute atomic E-state index is 0.186. The van der Waals surface area contributed by atoms with Crippen LogP contribution in [0.25, 0.3) is 11.4 Å². The predicted molar refractivity (Wildman–Crippen MR) is 94.7 cm³/mol. The van der Waals surface area contributed by atoms with Crippen LogP contribution < -0.4 is 5.32 Å². The van der Waals surface area contributed by atoms with Gasteiger partial charge in [-0.15, -0.1) is 10.2 Å². The number of pyridine rings is 1. The quantitative estimate of drug-likeness (QED) is 0.686. The molecule has 2 aromatic heterocycles. The van der Waals surface area contributed by atoms with Crippen LogP contribution in [0.1, 0.15) is 6.92 Å². The number of carbonyl (C=O) groups excluding carboxylic acids is 1. The molecule has 0 spiro atoms. The van der Waals surface area contributed by atoms with Crippen molar-refractivity contribution in [2.24, 2.45) is 0 Å². The Bertz CT molecular complexity index is 851. The lowest BCUT2D eigenvalue weighted by Crippen LogP contribution is -2.14. The zero-order valence-electron chi connectivity index (χ0n) is 13.5. The van der Waals surface area contributed by atoms with Crippen molar-refractivity contribution in [1.29, 1.82) is 0 Å².